The summed E-state index contributed by atoms with van der Waals surface area (Å²) in [6.45, 7) is 16.3. The van der Waals surface area contributed by atoms with Gasteiger partial charge in [0.2, 0.25) is 5.91 Å². The Hall–Kier alpha value is -1.31. The molecule has 2 heteroatoms. The Labute approximate surface area is 112 Å². The Bertz CT molecular complexity index is 341. The van der Waals surface area contributed by atoms with Crippen LogP contribution in [0.3, 0.4) is 0 Å². The summed E-state index contributed by atoms with van der Waals surface area (Å²) in [7, 11) is 0. The zero-order valence-corrected chi connectivity index (χ0v) is 12.3. The Morgan fingerprint density at radius 1 is 1.39 bits per heavy atom. The van der Waals surface area contributed by atoms with Gasteiger partial charge in [0, 0.05) is 6.54 Å². The van der Waals surface area contributed by atoms with Crippen molar-refractivity contribution < 1.29 is 4.79 Å². The van der Waals surface area contributed by atoms with E-state index in [0.717, 1.165) is 30.4 Å². The molecule has 0 radical (unpaired) electrons. The van der Waals surface area contributed by atoms with Gasteiger partial charge in [-0.15, -0.1) is 0 Å². The number of amides is 1. The Kier molecular flexibility index (Phi) is 7.33. The summed E-state index contributed by atoms with van der Waals surface area (Å²) in [6.07, 6.45) is 6.80. The maximum Gasteiger partial charge on any atom is 0.230 e. The molecule has 0 saturated carbocycles. The summed E-state index contributed by atoms with van der Waals surface area (Å²) in [6, 6.07) is 0. The largest absolute Gasteiger partial charge is 0.352 e. The average Bonchev–Trinajstić information content (AvgIpc) is 2.34. The van der Waals surface area contributed by atoms with Crippen LogP contribution in [0.2, 0.25) is 0 Å². The van der Waals surface area contributed by atoms with Crippen molar-refractivity contribution in [3.8, 4) is 0 Å². The molecule has 0 aliphatic carbocycles. The van der Waals surface area contributed by atoms with Gasteiger partial charge < -0.3 is 5.32 Å². The van der Waals surface area contributed by atoms with E-state index in [-0.39, 0.29) is 5.91 Å². The molecule has 18 heavy (non-hydrogen) atoms. The monoisotopic (exact) mass is 249 g/mol. The van der Waals surface area contributed by atoms with Crippen LogP contribution in [0.4, 0.5) is 0 Å². The smallest absolute Gasteiger partial charge is 0.230 e. The molecule has 0 heterocycles. The summed E-state index contributed by atoms with van der Waals surface area (Å²) >= 11 is 0. The highest BCUT2D eigenvalue weighted by molar-refractivity contribution is 5.85. The van der Waals surface area contributed by atoms with Crippen LogP contribution in [0, 0.1) is 5.41 Å². The van der Waals surface area contributed by atoms with Gasteiger partial charge in [0.05, 0.1) is 5.41 Å². The van der Waals surface area contributed by atoms with Crippen molar-refractivity contribution in [2.45, 2.75) is 47.0 Å². The summed E-state index contributed by atoms with van der Waals surface area (Å²) in [5, 5.41) is 2.96. The lowest BCUT2D eigenvalue weighted by atomic mass is 9.80. The van der Waals surface area contributed by atoms with Gasteiger partial charge in [-0.05, 0) is 40.0 Å². The molecule has 0 bridgehead atoms. The third-order valence-corrected chi connectivity index (χ3v) is 3.55. The minimum absolute atomic E-state index is 0.0460. The van der Waals surface area contributed by atoms with Crippen molar-refractivity contribution in [3.05, 3.63) is 36.5 Å². The molecule has 1 unspecified atom stereocenters. The first-order chi connectivity index (χ1) is 8.38. The highest BCUT2D eigenvalue weighted by Gasteiger charge is 2.31. The third-order valence-electron chi connectivity index (χ3n) is 3.55. The lowest BCUT2D eigenvalue weighted by Crippen LogP contribution is -2.40. The molecule has 1 N–H and O–H groups in total. The van der Waals surface area contributed by atoms with Crippen molar-refractivity contribution >= 4 is 5.91 Å². The van der Waals surface area contributed by atoms with Crippen LogP contribution < -0.4 is 5.32 Å². The molecule has 0 fully saturated rings. The van der Waals surface area contributed by atoms with E-state index >= 15 is 0 Å². The fourth-order valence-corrected chi connectivity index (χ4v) is 1.60. The maximum atomic E-state index is 12.1. The molecule has 0 aliphatic rings. The predicted molar refractivity (Wildman–Crippen MR) is 79.4 cm³/mol. The van der Waals surface area contributed by atoms with Crippen molar-refractivity contribution in [2.75, 3.05) is 6.54 Å². The van der Waals surface area contributed by atoms with Gasteiger partial charge in [-0.2, -0.15) is 0 Å². The minimum Gasteiger partial charge on any atom is -0.352 e. The summed E-state index contributed by atoms with van der Waals surface area (Å²) in [4.78, 5) is 12.1. The first-order valence-electron chi connectivity index (χ1n) is 6.60. The third kappa shape index (κ3) is 4.91. The maximum absolute atomic E-state index is 12.1. The van der Waals surface area contributed by atoms with Crippen LogP contribution >= 0.6 is 0 Å². The summed E-state index contributed by atoms with van der Waals surface area (Å²) < 4.78 is 0. The van der Waals surface area contributed by atoms with Crippen LogP contribution in [0.25, 0.3) is 0 Å². The highest BCUT2D eigenvalue weighted by Crippen LogP contribution is 2.29. The molecule has 1 amide bonds. The van der Waals surface area contributed by atoms with Crippen molar-refractivity contribution in [2.24, 2.45) is 5.41 Å². The van der Waals surface area contributed by atoms with Gasteiger partial charge >= 0.3 is 0 Å². The lowest BCUT2D eigenvalue weighted by molar-refractivity contribution is -0.128. The number of allylic oxidation sites excluding steroid dienone is 2. The quantitative estimate of drug-likeness (QED) is 0.647. The zero-order valence-electron chi connectivity index (χ0n) is 12.3. The second kappa shape index (κ2) is 7.91. The van der Waals surface area contributed by atoms with E-state index in [2.05, 4.69) is 24.6 Å². The second-order valence-corrected chi connectivity index (χ2v) is 5.01. The number of rotatable bonds is 8. The van der Waals surface area contributed by atoms with E-state index in [0.29, 0.717) is 6.54 Å². The lowest BCUT2D eigenvalue weighted by Gasteiger charge is -2.27. The molecule has 0 saturated heterocycles. The SMILES string of the molecule is C=C(CC/C=C\C)CNC(=O)C(C)(CC)C(=C)C. The molecule has 0 rings (SSSR count). The second-order valence-electron chi connectivity index (χ2n) is 5.01. The first-order valence-corrected chi connectivity index (χ1v) is 6.60. The van der Waals surface area contributed by atoms with E-state index in [9.17, 15) is 4.79 Å². The first kappa shape index (κ1) is 16.7. The number of hydrogen-bond donors (Lipinski definition) is 1. The van der Waals surface area contributed by atoms with E-state index < -0.39 is 5.41 Å². The van der Waals surface area contributed by atoms with Gasteiger partial charge in [-0.25, -0.2) is 0 Å². The molecular weight excluding hydrogens is 222 g/mol. The summed E-state index contributed by atoms with van der Waals surface area (Å²) in [5.41, 5.74) is 1.49. The predicted octanol–water partition coefficient (Wildman–Crippen LogP) is 4.01. The Morgan fingerprint density at radius 3 is 2.44 bits per heavy atom. The topological polar surface area (TPSA) is 29.1 Å². The number of carbonyl (C=O) groups is 1. The van der Waals surface area contributed by atoms with Gasteiger partial charge in [0.1, 0.15) is 0 Å². The number of nitrogens with one attached hydrogen (secondary N) is 1. The van der Waals surface area contributed by atoms with Gasteiger partial charge in [0.15, 0.2) is 0 Å². The van der Waals surface area contributed by atoms with Gasteiger partial charge in [-0.1, -0.05) is 43.4 Å². The molecule has 0 spiro atoms. The Balaban J connectivity index is 4.25. The van der Waals surface area contributed by atoms with Gasteiger partial charge in [0.25, 0.3) is 0 Å². The van der Waals surface area contributed by atoms with E-state index in [1.54, 1.807) is 0 Å². The van der Waals surface area contributed by atoms with E-state index in [1.165, 1.54) is 0 Å². The molecule has 0 aliphatic heterocycles. The van der Waals surface area contributed by atoms with Crippen molar-refractivity contribution in [3.63, 3.8) is 0 Å². The number of hydrogen-bond acceptors (Lipinski definition) is 1. The summed E-state index contributed by atoms with van der Waals surface area (Å²) in [5.74, 6) is 0.0460. The van der Waals surface area contributed by atoms with E-state index in [4.69, 9.17) is 0 Å². The van der Waals surface area contributed by atoms with Crippen LogP contribution in [-0.4, -0.2) is 12.5 Å². The van der Waals surface area contributed by atoms with Crippen LogP contribution in [-0.2, 0) is 4.79 Å². The van der Waals surface area contributed by atoms with Crippen LogP contribution in [0.5, 0.6) is 0 Å². The van der Waals surface area contributed by atoms with Crippen molar-refractivity contribution in [1.29, 1.82) is 0 Å². The zero-order chi connectivity index (χ0) is 14.2. The molecule has 0 aromatic heterocycles. The molecule has 0 aromatic carbocycles. The normalized spacial score (nSPS) is 14.2. The van der Waals surface area contributed by atoms with E-state index in [1.807, 2.05) is 33.8 Å². The molecular formula is C16H27NO. The van der Waals surface area contributed by atoms with Crippen molar-refractivity contribution in [1.82, 2.24) is 5.32 Å². The fourth-order valence-electron chi connectivity index (χ4n) is 1.60. The molecule has 102 valence electrons. The average molecular weight is 249 g/mol. The van der Waals surface area contributed by atoms with Crippen LogP contribution in [0.15, 0.2) is 36.5 Å². The highest BCUT2D eigenvalue weighted by atomic mass is 16.2. The standard InChI is InChI=1S/C16H27NO/c1-7-9-10-11-14(5)12-17-15(18)16(6,8-2)13(3)4/h7,9H,3,5,8,10-12H2,1-2,4,6H3,(H,17,18)/b9-7-. The molecule has 0 aromatic rings. The Morgan fingerprint density at radius 2 is 2.00 bits per heavy atom. The molecule has 1 atom stereocenters. The number of carbonyl (C=O) groups excluding carboxylic acids is 1. The van der Waals surface area contributed by atoms with Crippen LogP contribution in [0.1, 0.15) is 47.0 Å². The molecule has 2 nitrogen and oxygen atoms in total. The fraction of sp³-hybridized carbons (Fsp3) is 0.562. The van der Waals surface area contributed by atoms with Gasteiger partial charge in [-0.3, -0.25) is 4.79 Å². The minimum atomic E-state index is -0.469.